The lowest BCUT2D eigenvalue weighted by Gasteiger charge is -2.16. The van der Waals surface area contributed by atoms with Crippen LogP contribution in [0, 0.1) is 0 Å². The van der Waals surface area contributed by atoms with E-state index in [-0.39, 0.29) is 0 Å². The molecule has 0 amide bonds. The highest BCUT2D eigenvalue weighted by Crippen LogP contribution is 1.85. The van der Waals surface area contributed by atoms with E-state index in [1.165, 1.54) is 0 Å². The summed E-state index contributed by atoms with van der Waals surface area (Å²) in [6, 6.07) is 0. The van der Waals surface area contributed by atoms with E-state index in [1.807, 2.05) is 6.92 Å². The predicted molar refractivity (Wildman–Crippen MR) is 67.9 cm³/mol. The number of hydrogen-bond acceptors (Lipinski definition) is 3. The first kappa shape index (κ1) is 14.3. The van der Waals surface area contributed by atoms with Crippen molar-refractivity contribution in [2.75, 3.05) is 40.9 Å². The molecule has 0 fully saturated rings. The fraction of sp³-hybridized carbons (Fsp3) is 0.818. The molecule has 0 heterocycles. The molecule has 0 aliphatic heterocycles. The molecule has 0 bridgehead atoms. The zero-order valence-corrected chi connectivity index (χ0v) is 10.7. The average molecular weight is 212 g/mol. The zero-order valence-electron chi connectivity index (χ0n) is 10.7. The number of rotatable bonds is 7. The maximum absolute atomic E-state index is 4.23. The summed E-state index contributed by atoms with van der Waals surface area (Å²) in [6.07, 6.45) is 2.65. The molecule has 0 unspecified atom stereocenters. The minimum Gasteiger partial charge on any atom is -0.308 e. The summed E-state index contributed by atoms with van der Waals surface area (Å²) < 4.78 is 0. The quantitative estimate of drug-likeness (QED) is 0.471. The van der Waals surface area contributed by atoms with Crippen molar-refractivity contribution in [3.8, 4) is 0 Å². The lowest BCUT2D eigenvalue weighted by atomic mass is 10.3. The molecule has 0 saturated heterocycles. The Balaban J connectivity index is 3.66. The summed E-state index contributed by atoms with van der Waals surface area (Å²) in [5.41, 5.74) is 1.12. The Kier molecular flexibility index (Phi) is 8.14. The van der Waals surface area contributed by atoms with Gasteiger partial charge in [0.15, 0.2) is 0 Å². The second kappa shape index (κ2) is 8.56. The molecule has 0 aliphatic carbocycles. The van der Waals surface area contributed by atoms with Crippen LogP contribution in [0.2, 0.25) is 0 Å². The van der Waals surface area contributed by atoms with Crippen molar-refractivity contribution in [3.63, 3.8) is 0 Å². The van der Waals surface area contributed by atoms with Gasteiger partial charge in [-0.25, -0.2) is 4.99 Å². The molecule has 0 N–H and O–H groups in total. The van der Waals surface area contributed by atoms with Gasteiger partial charge in [0.25, 0.3) is 0 Å². The summed E-state index contributed by atoms with van der Waals surface area (Å²) in [5.74, 6) is 0. The highest BCUT2D eigenvalue weighted by molar-refractivity contribution is 5.88. The SMILES string of the molecule is CCC(C)=NC=NCN(C)CCN(C)C. The molecule has 4 nitrogen and oxygen atoms in total. The van der Waals surface area contributed by atoms with Gasteiger partial charge in [-0.3, -0.25) is 9.89 Å². The molecule has 0 aromatic carbocycles. The van der Waals surface area contributed by atoms with E-state index in [4.69, 9.17) is 0 Å². The summed E-state index contributed by atoms with van der Waals surface area (Å²) in [4.78, 5) is 12.8. The average Bonchev–Trinajstić information content (AvgIpc) is 2.21. The van der Waals surface area contributed by atoms with E-state index in [1.54, 1.807) is 6.34 Å². The summed E-state index contributed by atoms with van der Waals surface area (Å²) in [6.45, 7) is 6.91. The summed E-state index contributed by atoms with van der Waals surface area (Å²) in [7, 11) is 6.22. The van der Waals surface area contributed by atoms with Crippen LogP contribution in [0.5, 0.6) is 0 Å². The van der Waals surface area contributed by atoms with E-state index in [0.717, 1.165) is 25.2 Å². The molecule has 0 saturated carbocycles. The first-order valence-corrected chi connectivity index (χ1v) is 5.41. The molecule has 15 heavy (non-hydrogen) atoms. The van der Waals surface area contributed by atoms with Gasteiger partial charge in [-0.1, -0.05) is 6.92 Å². The first-order chi connectivity index (χ1) is 7.06. The number of nitrogens with zero attached hydrogens (tertiary/aromatic N) is 4. The van der Waals surface area contributed by atoms with Gasteiger partial charge in [-0.2, -0.15) is 0 Å². The van der Waals surface area contributed by atoms with Crippen LogP contribution in [0.3, 0.4) is 0 Å². The Bertz CT molecular complexity index is 209. The molecule has 88 valence electrons. The first-order valence-electron chi connectivity index (χ1n) is 5.41. The Labute approximate surface area is 93.7 Å². The molecule has 0 radical (unpaired) electrons. The zero-order chi connectivity index (χ0) is 11.7. The lowest BCUT2D eigenvalue weighted by molar-refractivity contribution is 0.289. The molecule has 0 spiro atoms. The third kappa shape index (κ3) is 9.56. The van der Waals surface area contributed by atoms with Crippen LogP contribution < -0.4 is 0 Å². The normalized spacial score (nSPS) is 13.4. The van der Waals surface area contributed by atoms with Gasteiger partial charge in [-0.15, -0.1) is 0 Å². The number of hydrogen-bond donors (Lipinski definition) is 0. The molecule has 0 aromatic heterocycles. The van der Waals surface area contributed by atoms with Crippen molar-refractivity contribution >= 4 is 12.1 Å². The van der Waals surface area contributed by atoms with Gasteiger partial charge in [-0.05, 0) is 34.5 Å². The minimum absolute atomic E-state index is 0.717. The van der Waals surface area contributed by atoms with Crippen molar-refractivity contribution in [1.82, 2.24) is 9.80 Å². The molecular formula is C11H24N4. The second-order valence-corrected chi connectivity index (χ2v) is 4.04. The minimum atomic E-state index is 0.717. The maximum Gasteiger partial charge on any atom is 0.111 e. The van der Waals surface area contributed by atoms with Crippen LogP contribution in [0.4, 0.5) is 0 Å². The highest BCUT2D eigenvalue weighted by Gasteiger charge is 1.96. The topological polar surface area (TPSA) is 31.2 Å². The van der Waals surface area contributed by atoms with E-state index in [2.05, 4.69) is 47.9 Å². The summed E-state index contributed by atoms with van der Waals surface area (Å²) in [5, 5.41) is 0. The smallest absolute Gasteiger partial charge is 0.111 e. The fourth-order valence-electron chi connectivity index (χ4n) is 0.848. The summed E-state index contributed by atoms with van der Waals surface area (Å²) >= 11 is 0. The van der Waals surface area contributed by atoms with Gasteiger partial charge < -0.3 is 4.90 Å². The largest absolute Gasteiger partial charge is 0.308 e. The Morgan fingerprint density at radius 2 is 1.87 bits per heavy atom. The third-order valence-electron chi connectivity index (χ3n) is 2.12. The van der Waals surface area contributed by atoms with Crippen molar-refractivity contribution in [1.29, 1.82) is 0 Å². The third-order valence-corrected chi connectivity index (χ3v) is 2.12. The highest BCUT2D eigenvalue weighted by atomic mass is 15.2. The fourth-order valence-corrected chi connectivity index (χ4v) is 0.848. The molecule has 0 atom stereocenters. The number of aliphatic imine (C=N–C) groups is 2. The van der Waals surface area contributed by atoms with Crippen LogP contribution >= 0.6 is 0 Å². The Morgan fingerprint density at radius 3 is 2.40 bits per heavy atom. The standard InChI is InChI=1S/C11H24N4/c1-6-11(2)13-9-12-10-15(5)8-7-14(3)4/h9H,6-8,10H2,1-5H3. The van der Waals surface area contributed by atoms with Crippen molar-refractivity contribution < 1.29 is 0 Å². The van der Waals surface area contributed by atoms with Crippen molar-refractivity contribution in [3.05, 3.63) is 0 Å². The molecular weight excluding hydrogens is 188 g/mol. The van der Waals surface area contributed by atoms with Gasteiger partial charge in [0.2, 0.25) is 0 Å². The molecule has 4 heteroatoms. The Hall–Kier alpha value is -0.740. The van der Waals surface area contributed by atoms with Gasteiger partial charge in [0, 0.05) is 18.8 Å². The molecule has 0 rings (SSSR count). The van der Waals surface area contributed by atoms with Gasteiger partial charge >= 0.3 is 0 Å². The van der Waals surface area contributed by atoms with E-state index >= 15 is 0 Å². The molecule has 0 aromatic rings. The Morgan fingerprint density at radius 1 is 1.20 bits per heavy atom. The van der Waals surface area contributed by atoms with Crippen LogP contribution in [0.25, 0.3) is 0 Å². The van der Waals surface area contributed by atoms with Crippen LogP contribution in [0.1, 0.15) is 20.3 Å². The van der Waals surface area contributed by atoms with E-state index in [9.17, 15) is 0 Å². The lowest BCUT2D eigenvalue weighted by Crippen LogP contribution is -2.28. The molecule has 0 aliphatic rings. The second-order valence-electron chi connectivity index (χ2n) is 4.04. The van der Waals surface area contributed by atoms with Gasteiger partial charge in [0.1, 0.15) is 6.34 Å². The van der Waals surface area contributed by atoms with E-state index in [0.29, 0.717) is 6.67 Å². The van der Waals surface area contributed by atoms with Crippen LogP contribution in [-0.2, 0) is 0 Å². The number of likely N-dealkylation sites (N-methyl/N-ethyl adjacent to an activating group) is 2. The van der Waals surface area contributed by atoms with Crippen molar-refractivity contribution in [2.45, 2.75) is 20.3 Å². The van der Waals surface area contributed by atoms with Crippen molar-refractivity contribution in [2.24, 2.45) is 9.98 Å². The van der Waals surface area contributed by atoms with Gasteiger partial charge in [0.05, 0.1) is 6.67 Å². The monoisotopic (exact) mass is 212 g/mol. The van der Waals surface area contributed by atoms with Crippen LogP contribution in [0.15, 0.2) is 9.98 Å². The van der Waals surface area contributed by atoms with Crippen LogP contribution in [-0.4, -0.2) is 62.8 Å². The maximum atomic E-state index is 4.23. The van der Waals surface area contributed by atoms with E-state index < -0.39 is 0 Å². The predicted octanol–water partition coefficient (Wildman–Crippen LogP) is 1.34.